The predicted octanol–water partition coefficient (Wildman–Crippen LogP) is 3.62. The zero-order chi connectivity index (χ0) is 14.5. The van der Waals surface area contributed by atoms with Crippen LogP contribution in [-0.4, -0.2) is 24.3 Å². The lowest BCUT2D eigenvalue weighted by Crippen LogP contribution is -2.26. The topological polar surface area (TPSA) is 20.3 Å². The molecule has 0 aromatic heterocycles. The van der Waals surface area contributed by atoms with E-state index in [4.69, 9.17) is 0 Å². The number of ketones is 1. The highest BCUT2D eigenvalue weighted by atomic mass is 16.1. The standard InChI is InChI=1S/C18H21NO/c1-14-8-4-6-10-16(14)12-19(3)13-18(20)17-11-7-5-9-15(17)2/h4-11H,12-13H2,1-3H3. The molecule has 0 aliphatic rings. The SMILES string of the molecule is Cc1ccccc1CN(C)CC(=O)c1ccccc1C. The molecule has 0 atom stereocenters. The van der Waals surface area contributed by atoms with E-state index in [2.05, 4.69) is 24.0 Å². The highest BCUT2D eigenvalue weighted by Gasteiger charge is 2.12. The smallest absolute Gasteiger partial charge is 0.177 e. The molecule has 0 amide bonds. The molecular formula is C18H21NO. The predicted molar refractivity (Wildman–Crippen MR) is 83.0 cm³/mol. The molecule has 0 unspecified atom stereocenters. The van der Waals surface area contributed by atoms with Crippen LogP contribution in [0.4, 0.5) is 0 Å². The van der Waals surface area contributed by atoms with Crippen LogP contribution in [0.2, 0.25) is 0 Å². The van der Waals surface area contributed by atoms with Gasteiger partial charge in [-0.05, 0) is 37.6 Å². The Labute approximate surface area is 121 Å². The Bertz CT molecular complexity index is 604. The summed E-state index contributed by atoms with van der Waals surface area (Å²) in [4.78, 5) is 14.4. The van der Waals surface area contributed by atoms with E-state index in [0.717, 1.165) is 17.7 Å². The molecule has 0 N–H and O–H groups in total. The van der Waals surface area contributed by atoms with E-state index in [1.54, 1.807) is 0 Å². The molecule has 0 saturated heterocycles. The number of carbonyl (C=O) groups excluding carboxylic acids is 1. The third kappa shape index (κ3) is 3.55. The van der Waals surface area contributed by atoms with Crippen molar-refractivity contribution in [2.75, 3.05) is 13.6 Å². The van der Waals surface area contributed by atoms with Crippen LogP contribution < -0.4 is 0 Å². The van der Waals surface area contributed by atoms with Gasteiger partial charge in [-0.1, -0.05) is 48.5 Å². The molecule has 0 bridgehead atoms. The number of likely N-dealkylation sites (N-methyl/N-ethyl adjacent to an activating group) is 1. The summed E-state index contributed by atoms with van der Waals surface area (Å²) in [5.41, 5.74) is 4.40. The summed E-state index contributed by atoms with van der Waals surface area (Å²) in [5.74, 6) is 0.180. The normalized spacial score (nSPS) is 10.8. The number of Topliss-reactive ketones (excluding diaryl/α,β-unsaturated/α-hetero) is 1. The van der Waals surface area contributed by atoms with Gasteiger partial charge in [-0.15, -0.1) is 0 Å². The highest BCUT2D eigenvalue weighted by molar-refractivity contribution is 5.98. The first-order valence-electron chi connectivity index (χ1n) is 6.90. The molecule has 2 aromatic carbocycles. The summed E-state index contributed by atoms with van der Waals surface area (Å²) in [6, 6.07) is 16.1. The summed E-state index contributed by atoms with van der Waals surface area (Å²) in [6.45, 7) is 5.32. The molecule has 0 aliphatic carbocycles. The van der Waals surface area contributed by atoms with Gasteiger partial charge in [-0.3, -0.25) is 9.69 Å². The Morgan fingerprint density at radius 1 is 0.950 bits per heavy atom. The molecule has 0 fully saturated rings. The van der Waals surface area contributed by atoms with Gasteiger partial charge in [-0.25, -0.2) is 0 Å². The van der Waals surface area contributed by atoms with E-state index in [1.807, 2.05) is 50.4 Å². The molecular weight excluding hydrogens is 246 g/mol. The average molecular weight is 267 g/mol. The minimum atomic E-state index is 0.180. The van der Waals surface area contributed by atoms with Crippen LogP contribution in [0, 0.1) is 13.8 Å². The number of hydrogen-bond donors (Lipinski definition) is 0. The first kappa shape index (κ1) is 14.5. The van der Waals surface area contributed by atoms with Gasteiger partial charge in [0.25, 0.3) is 0 Å². The van der Waals surface area contributed by atoms with Crippen LogP contribution in [0.3, 0.4) is 0 Å². The van der Waals surface area contributed by atoms with E-state index < -0.39 is 0 Å². The van der Waals surface area contributed by atoms with Crippen molar-refractivity contribution in [1.29, 1.82) is 0 Å². The maximum absolute atomic E-state index is 12.3. The maximum Gasteiger partial charge on any atom is 0.177 e. The van der Waals surface area contributed by atoms with E-state index >= 15 is 0 Å². The van der Waals surface area contributed by atoms with Crippen LogP contribution >= 0.6 is 0 Å². The van der Waals surface area contributed by atoms with Crippen LogP contribution in [0.15, 0.2) is 48.5 Å². The van der Waals surface area contributed by atoms with Gasteiger partial charge in [-0.2, -0.15) is 0 Å². The third-order valence-corrected chi connectivity index (χ3v) is 3.56. The Kier molecular flexibility index (Phi) is 4.70. The fourth-order valence-corrected chi connectivity index (χ4v) is 2.35. The highest BCUT2D eigenvalue weighted by Crippen LogP contribution is 2.12. The van der Waals surface area contributed by atoms with Crippen molar-refractivity contribution in [2.24, 2.45) is 0 Å². The summed E-state index contributed by atoms with van der Waals surface area (Å²) in [5, 5.41) is 0. The van der Waals surface area contributed by atoms with E-state index in [-0.39, 0.29) is 5.78 Å². The molecule has 104 valence electrons. The molecule has 0 saturated carbocycles. The molecule has 0 radical (unpaired) electrons. The van der Waals surface area contributed by atoms with Crippen molar-refractivity contribution >= 4 is 5.78 Å². The number of rotatable bonds is 5. The lowest BCUT2D eigenvalue weighted by Gasteiger charge is -2.17. The Morgan fingerprint density at radius 2 is 1.55 bits per heavy atom. The van der Waals surface area contributed by atoms with E-state index in [0.29, 0.717) is 6.54 Å². The zero-order valence-electron chi connectivity index (χ0n) is 12.4. The maximum atomic E-state index is 12.3. The Balaban J connectivity index is 2.02. The second-order valence-corrected chi connectivity index (χ2v) is 5.34. The van der Waals surface area contributed by atoms with Crippen LogP contribution in [0.25, 0.3) is 0 Å². The minimum absolute atomic E-state index is 0.180. The van der Waals surface area contributed by atoms with Gasteiger partial charge in [0.1, 0.15) is 0 Å². The van der Waals surface area contributed by atoms with Crippen molar-refractivity contribution in [1.82, 2.24) is 4.90 Å². The van der Waals surface area contributed by atoms with Crippen molar-refractivity contribution in [3.63, 3.8) is 0 Å². The fraction of sp³-hybridized carbons (Fsp3) is 0.278. The van der Waals surface area contributed by atoms with E-state index in [1.165, 1.54) is 11.1 Å². The molecule has 2 nitrogen and oxygen atoms in total. The van der Waals surface area contributed by atoms with Crippen molar-refractivity contribution in [2.45, 2.75) is 20.4 Å². The largest absolute Gasteiger partial charge is 0.295 e. The average Bonchev–Trinajstić information content (AvgIpc) is 2.41. The Morgan fingerprint density at radius 3 is 2.20 bits per heavy atom. The molecule has 2 heteroatoms. The van der Waals surface area contributed by atoms with Crippen molar-refractivity contribution in [3.8, 4) is 0 Å². The Hall–Kier alpha value is -1.93. The quantitative estimate of drug-likeness (QED) is 0.771. The number of nitrogens with zero attached hydrogens (tertiary/aromatic N) is 1. The lowest BCUT2D eigenvalue weighted by atomic mass is 10.0. The molecule has 2 rings (SSSR count). The van der Waals surface area contributed by atoms with Gasteiger partial charge in [0.2, 0.25) is 0 Å². The summed E-state index contributed by atoms with van der Waals surface area (Å²) >= 11 is 0. The molecule has 0 spiro atoms. The number of hydrogen-bond acceptors (Lipinski definition) is 2. The molecule has 2 aromatic rings. The van der Waals surface area contributed by atoms with Gasteiger partial charge >= 0.3 is 0 Å². The molecule has 0 aliphatic heterocycles. The van der Waals surface area contributed by atoms with Crippen LogP contribution in [0.1, 0.15) is 27.0 Å². The van der Waals surface area contributed by atoms with Crippen molar-refractivity contribution < 1.29 is 4.79 Å². The monoisotopic (exact) mass is 267 g/mol. The van der Waals surface area contributed by atoms with Gasteiger partial charge in [0.05, 0.1) is 6.54 Å². The number of carbonyl (C=O) groups is 1. The number of benzene rings is 2. The summed E-state index contributed by atoms with van der Waals surface area (Å²) in [6.07, 6.45) is 0. The van der Waals surface area contributed by atoms with Crippen LogP contribution in [0.5, 0.6) is 0 Å². The number of aryl methyl sites for hydroxylation is 2. The summed E-state index contributed by atoms with van der Waals surface area (Å²) in [7, 11) is 1.99. The fourth-order valence-electron chi connectivity index (χ4n) is 2.35. The second kappa shape index (κ2) is 6.49. The first-order valence-corrected chi connectivity index (χ1v) is 6.90. The second-order valence-electron chi connectivity index (χ2n) is 5.34. The van der Waals surface area contributed by atoms with Gasteiger partial charge < -0.3 is 0 Å². The van der Waals surface area contributed by atoms with Crippen molar-refractivity contribution in [3.05, 3.63) is 70.8 Å². The molecule has 20 heavy (non-hydrogen) atoms. The first-order chi connectivity index (χ1) is 9.58. The van der Waals surface area contributed by atoms with Gasteiger partial charge in [0.15, 0.2) is 5.78 Å². The third-order valence-electron chi connectivity index (χ3n) is 3.56. The molecule has 0 heterocycles. The van der Waals surface area contributed by atoms with Crippen LogP contribution in [-0.2, 0) is 6.54 Å². The minimum Gasteiger partial charge on any atom is -0.295 e. The summed E-state index contributed by atoms with van der Waals surface area (Å²) < 4.78 is 0. The van der Waals surface area contributed by atoms with E-state index in [9.17, 15) is 4.79 Å². The lowest BCUT2D eigenvalue weighted by molar-refractivity contribution is 0.0942. The van der Waals surface area contributed by atoms with Gasteiger partial charge in [0, 0.05) is 12.1 Å². The zero-order valence-corrected chi connectivity index (χ0v) is 12.4.